The van der Waals surface area contributed by atoms with Gasteiger partial charge in [0.25, 0.3) is 6.43 Å². The van der Waals surface area contributed by atoms with Gasteiger partial charge in [0.05, 0.1) is 11.2 Å². The minimum absolute atomic E-state index is 0.0723. The molecule has 0 spiro atoms. The number of anilines is 1. The number of carbonyl (C=O) groups excluding carboxylic acids is 1. The minimum atomic E-state index is -2.73. The van der Waals surface area contributed by atoms with Crippen LogP contribution in [0.2, 0.25) is 0 Å². The number of nitrogens with one attached hydrogen (secondary N) is 1. The highest BCUT2D eigenvalue weighted by atomic mass is 19.3. The van der Waals surface area contributed by atoms with Crippen molar-refractivity contribution >= 4 is 24.3 Å². The van der Waals surface area contributed by atoms with Crippen LogP contribution in [0.3, 0.4) is 0 Å². The van der Waals surface area contributed by atoms with E-state index in [0.717, 1.165) is 6.07 Å². The smallest absolute Gasteiger partial charge is 0.399 e. The summed E-state index contributed by atoms with van der Waals surface area (Å²) < 4.78 is 38.2. The van der Waals surface area contributed by atoms with Crippen LogP contribution in [0.15, 0.2) is 12.3 Å². The Morgan fingerprint density at radius 2 is 1.82 bits per heavy atom. The normalized spacial score (nSPS) is 19.5. The number of carbonyl (C=O) groups is 1. The Morgan fingerprint density at radius 1 is 1.27 bits per heavy atom. The first kappa shape index (κ1) is 16.8. The summed E-state index contributed by atoms with van der Waals surface area (Å²) in [5, 5.41) is 2.39. The van der Waals surface area contributed by atoms with E-state index in [-0.39, 0.29) is 22.8 Å². The lowest BCUT2D eigenvalue weighted by molar-refractivity contribution is -0.114. The van der Waals surface area contributed by atoms with Gasteiger partial charge in [-0.3, -0.25) is 4.79 Å². The molecule has 2 heterocycles. The van der Waals surface area contributed by atoms with Crippen molar-refractivity contribution in [2.24, 2.45) is 0 Å². The van der Waals surface area contributed by atoms with Gasteiger partial charge in [0, 0.05) is 24.1 Å². The largest absolute Gasteiger partial charge is 0.496 e. The molecule has 1 saturated heterocycles. The number of alkyl halides is 2. The number of nitrogens with zero attached hydrogens (tertiary/aromatic N) is 1. The van der Waals surface area contributed by atoms with Gasteiger partial charge in [0.1, 0.15) is 5.82 Å². The molecule has 0 unspecified atom stereocenters. The highest BCUT2D eigenvalue weighted by Crippen LogP contribution is 2.37. The summed E-state index contributed by atoms with van der Waals surface area (Å²) in [5.41, 5.74) is -1.36. The van der Waals surface area contributed by atoms with E-state index in [2.05, 4.69) is 10.3 Å². The van der Waals surface area contributed by atoms with Crippen molar-refractivity contribution in [1.82, 2.24) is 4.98 Å². The van der Waals surface area contributed by atoms with Crippen molar-refractivity contribution in [3.8, 4) is 0 Å². The molecule has 2 rings (SSSR count). The third-order valence-electron chi connectivity index (χ3n) is 4.01. The lowest BCUT2D eigenvalue weighted by atomic mass is 9.77. The Labute approximate surface area is 128 Å². The van der Waals surface area contributed by atoms with Gasteiger partial charge < -0.3 is 14.6 Å². The highest BCUT2D eigenvalue weighted by molar-refractivity contribution is 6.62. The Balaban J connectivity index is 2.38. The maximum Gasteiger partial charge on any atom is 0.496 e. The second-order valence-electron chi connectivity index (χ2n) is 6.27. The van der Waals surface area contributed by atoms with Crippen molar-refractivity contribution < 1.29 is 22.9 Å². The second kappa shape index (κ2) is 5.59. The highest BCUT2D eigenvalue weighted by Gasteiger charge is 2.52. The number of pyridine rings is 1. The van der Waals surface area contributed by atoms with Crippen LogP contribution in [0, 0.1) is 0 Å². The summed E-state index contributed by atoms with van der Waals surface area (Å²) in [6.07, 6.45) is -1.47. The number of hydrogen-bond acceptors (Lipinski definition) is 4. The second-order valence-corrected chi connectivity index (χ2v) is 6.27. The van der Waals surface area contributed by atoms with E-state index in [0.29, 0.717) is 0 Å². The van der Waals surface area contributed by atoms with E-state index in [4.69, 9.17) is 9.31 Å². The summed E-state index contributed by atoms with van der Waals surface area (Å²) in [6, 6.07) is 1.15. The zero-order chi connectivity index (χ0) is 16.7. The van der Waals surface area contributed by atoms with Gasteiger partial charge in [-0.1, -0.05) is 0 Å². The molecular formula is C14H19BF2N2O3. The quantitative estimate of drug-likeness (QED) is 0.870. The fraction of sp³-hybridized carbons (Fsp3) is 0.571. The predicted molar refractivity (Wildman–Crippen MR) is 79.2 cm³/mol. The van der Waals surface area contributed by atoms with E-state index in [1.54, 1.807) is 0 Å². The summed E-state index contributed by atoms with van der Waals surface area (Å²) in [6.45, 7) is 8.65. The van der Waals surface area contributed by atoms with Gasteiger partial charge in [-0.25, -0.2) is 13.8 Å². The first-order valence-corrected chi connectivity index (χ1v) is 6.95. The van der Waals surface area contributed by atoms with Crippen molar-refractivity contribution in [3.63, 3.8) is 0 Å². The molecule has 0 aliphatic carbocycles. The molecule has 1 N–H and O–H groups in total. The first-order valence-electron chi connectivity index (χ1n) is 6.95. The van der Waals surface area contributed by atoms with E-state index >= 15 is 0 Å². The van der Waals surface area contributed by atoms with Gasteiger partial charge in [-0.05, 0) is 33.8 Å². The van der Waals surface area contributed by atoms with Crippen molar-refractivity contribution in [2.45, 2.75) is 52.2 Å². The predicted octanol–water partition coefficient (Wildman–Crippen LogP) is 2.28. The minimum Gasteiger partial charge on any atom is -0.399 e. The monoisotopic (exact) mass is 312 g/mol. The third-order valence-corrected chi connectivity index (χ3v) is 4.01. The Morgan fingerprint density at radius 3 is 2.27 bits per heavy atom. The zero-order valence-electron chi connectivity index (χ0n) is 13.2. The van der Waals surface area contributed by atoms with Crippen LogP contribution in [0.25, 0.3) is 0 Å². The van der Waals surface area contributed by atoms with Crippen molar-refractivity contribution in [3.05, 3.63) is 17.8 Å². The van der Waals surface area contributed by atoms with Crippen LogP contribution in [0.4, 0.5) is 14.6 Å². The number of halogens is 2. The fourth-order valence-electron chi connectivity index (χ4n) is 2.09. The molecule has 0 atom stereocenters. The molecule has 1 aliphatic rings. The Kier molecular flexibility index (Phi) is 4.27. The summed E-state index contributed by atoms with van der Waals surface area (Å²) in [7, 11) is -0.923. The third kappa shape index (κ3) is 3.12. The Bertz CT molecular complexity index is 577. The van der Waals surface area contributed by atoms with Gasteiger partial charge in [0.2, 0.25) is 5.91 Å². The maximum absolute atomic E-state index is 13.3. The summed E-state index contributed by atoms with van der Waals surface area (Å²) in [5.74, 6) is -0.306. The van der Waals surface area contributed by atoms with Crippen molar-refractivity contribution in [1.29, 1.82) is 0 Å². The molecule has 5 nitrogen and oxygen atoms in total. The van der Waals surface area contributed by atoms with Gasteiger partial charge in [0.15, 0.2) is 0 Å². The Hall–Kier alpha value is -1.54. The van der Waals surface area contributed by atoms with Crippen LogP contribution in [0.5, 0.6) is 0 Å². The number of hydrogen-bond donors (Lipinski definition) is 1. The molecule has 1 aliphatic heterocycles. The molecule has 1 fully saturated rings. The number of aromatic nitrogens is 1. The summed E-state index contributed by atoms with van der Waals surface area (Å²) >= 11 is 0. The maximum atomic E-state index is 13.3. The van der Waals surface area contributed by atoms with Crippen molar-refractivity contribution in [2.75, 3.05) is 5.32 Å². The molecule has 0 bridgehead atoms. The molecule has 8 heteroatoms. The molecule has 1 amide bonds. The van der Waals surface area contributed by atoms with Crippen LogP contribution in [-0.4, -0.2) is 29.2 Å². The van der Waals surface area contributed by atoms with Crippen LogP contribution in [-0.2, 0) is 14.1 Å². The average molecular weight is 312 g/mol. The SMILES string of the molecule is CC(=O)Nc1cc(C(F)F)c(B2OC(C)(C)C(C)(C)O2)cn1. The number of rotatable bonds is 3. The molecule has 1 aromatic heterocycles. The van der Waals surface area contributed by atoms with Crippen LogP contribution < -0.4 is 10.8 Å². The van der Waals surface area contributed by atoms with Gasteiger partial charge >= 0.3 is 7.12 Å². The fourth-order valence-corrected chi connectivity index (χ4v) is 2.09. The van der Waals surface area contributed by atoms with Gasteiger partial charge in [-0.15, -0.1) is 0 Å². The van der Waals surface area contributed by atoms with Crippen LogP contribution in [0.1, 0.15) is 46.6 Å². The van der Waals surface area contributed by atoms with E-state index in [9.17, 15) is 13.6 Å². The molecule has 0 saturated carbocycles. The lowest BCUT2D eigenvalue weighted by Crippen LogP contribution is -2.41. The molecule has 22 heavy (non-hydrogen) atoms. The standard InChI is InChI=1S/C14H19BF2N2O3/c1-8(20)19-11-6-9(12(16)17)10(7-18-11)15-21-13(2,3)14(4,5)22-15/h6-7,12H,1-5H3,(H,18,19,20). The van der Waals surface area contributed by atoms with E-state index in [1.165, 1.54) is 13.1 Å². The first-order chi connectivity index (χ1) is 10.0. The van der Waals surface area contributed by atoms with E-state index in [1.807, 2.05) is 27.7 Å². The summed E-state index contributed by atoms with van der Waals surface area (Å²) in [4.78, 5) is 15.0. The molecule has 1 aromatic rings. The van der Waals surface area contributed by atoms with E-state index < -0.39 is 24.7 Å². The van der Waals surface area contributed by atoms with Crippen LogP contribution >= 0.6 is 0 Å². The lowest BCUT2D eigenvalue weighted by Gasteiger charge is -2.32. The molecule has 0 radical (unpaired) electrons. The van der Waals surface area contributed by atoms with Gasteiger partial charge in [-0.2, -0.15) is 0 Å². The molecular weight excluding hydrogens is 293 g/mol. The molecule has 0 aromatic carbocycles. The topological polar surface area (TPSA) is 60.5 Å². The average Bonchev–Trinajstić information content (AvgIpc) is 2.57. The zero-order valence-corrected chi connectivity index (χ0v) is 13.2. The number of amides is 1. The molecule has 120 valence electrons.